The summed E-state index contributed by atoms with van der Waals surface area (Å²) in [6.45, 7) is 9.79. The van der Waals surface area contributed by atoms with Crippen molar-refractivity contribution in [3.8, 4) is 11.1 Å². The third kappa shape index (κ3) is 3.50. The third-order valence-electron chi connectivity index (χ3n) is 7.63. The van der Waals surface area contributed by atoms with Crippen LogP contribution in [0.1, 0.15) is 46.2 Å². The topological polar surface area (TPSA) is 0 Å². The average molecular weight is 534 g/mol. The molecule has 2 heteroatoms. The zero-order valence-electron chi connectivity index (χ0n) is 20.4. The molecule has 0 radical (unpaired) electrons. The molecule has 0 aromatic heterocycles. The van der Waals surface area contributed by atoms with Crippen LogP contribution in [0.4, 0.5) is 0 Å². The van der Waals surface area contributed by atoms with Crippen molar-refractivity contribution < 1.29 is 20.4 Å². The summed E-state index contributed by atoms with van der Waals surface area (Å²) < 4.78 is 1.27. The Morgan fingerprint density at radius 2 is 1.41 bits per heavy atom. The van der Waals surface area contributed by atoms with E-state index in [9.17, 15) is 0 Å². The summed E-state index contributed by atoms with van der Waals surface area (Å²) in [6, 6.07) is 34.6. The number of allylic oxidation sites excluding steroid dienone is 1. The molecule has 0 amide bonds. The molecule has 2 atom stereocenters. The second-order valence-corrected chi connectivity index (χ2v) is 28.0. The Morgan fingerprint density at radius 1 is 0.676 bits per heavy atom. The maximum absolute atomic E-state index is 2.69. The van der Waals surface area contributed by atoms with Gasteiger partial charge in [0.05, 0.1) is 0 Å². The molecular formula is C32H30SiZr. The summed E-state index contributed by atoms with van der Waals surface area (Å²) in [6.07, 6.45) is 2.69. The van der Waals surface area contributed by atoms with Gasteiger partial charge >= 0.3 is 213 Å². The van der Waals surface area contributed by atoms with Crippen LogP contribution in [0.2, 0.25) is 13.1 Å². The molecule has 2 unspecified atom stereocenters. The Kier molecular flexibility index (Phi) is 5.71. The molecule has 4 aromatic rings. The molecule has 0 nitrogen and oxygen atoms in total. The van der Waals surface area contributed by atoms with Gasteiger partial charge in [-0.05, 0) is 0 Å². The fourth-order valence-corrected chi connectivity index (χ4v) is 25.5. The molecule has 2 aliphatic rings. The molecule has 0 heterocycles. The van der Waals surface area contributed by atoms with Crippen molar-refractivity contribution in [1.82, 2.24) is 0 Å². The van der Waals surface area contributed by atoms with Crippen LogP contribution in [0.5, 0.6) is 0 Å². The van der Waals surface area contributed by atoms with Crippen LogP contribution < -0.4 is 0 Å². The number of benzene rings is 4. The van der Waals surface area contributed by atoms with Gasteiger partial charge in [0.25, 0.3) is 0 Å². The van der Waals surface area contributed by atoms with Crippen LogP contribution in [-0.2, 0) is 20.4 Å². The maximum atomic E-state index is 2.69. The van der Waals surface area contributed by atoms with E-state index < -0.39 is 25.8 Å². The monoisotopic (exact) mass is 532 g/mol. The second kappa shape index (κ2) is 8.74. The van der Waals surface area contributed by atoms with E-state index in [1.54, 1.807) is 16.7 Å². The molecule has 0 saturated carbocycles. The molecule has 4 aromatic carbocycles. The van der Waals surface area contributed by atoms with Gasteiger partial charge in [-0.25, -0.2) is 0 Å². The van der Waals surface area contributed by atoms with Gasteiger partial charge in [-0.2, -0.15) is 0 Å². The molecule has 0 N–H and O–H groups in total. The van der Waals surface area contributed by atoms with E-state index in [1.807, 2.05) is 0 Å². The third-order valence-corrected chi connectivity index (χ3v) is 26.7. The fraction of sp³-hybridized carbons (Fsp3) is 0.188. The second-order valence-electron chi connectivity index (χ2n) is 10.0. The minimum atomic E-state index is -2.08. The summed E-state index contributed by atoms with van der Waals surface area (Å²) in [5, 5.41) is 0. The Morgan fingerprint density at radius 3 is 2.21 bits per heavy atom. The quantitative estimate of drug-likeness (QED) is 0.232. The summed E-state index contributed by atoms with van der Waals surface area (Å²) in [5.74, 6) is 0. The predicted molar refractivity (Wildman–Crippen MR) is 143 cm³/mol. The molecule has 0 fully saturated rings. The number of fused-ring (bicyclic) bond motifs is 4. The van der Waals surface area contributed by atoms with Crippen molar-refractivity contribution in [3.05, 3.63) is 136 Å². The average Bonchev–Trinajstić information content (AvgIpc) is 3.37. The Labute approximate surface area is 211 Å². The number of aryl methyl sites for hydroxylation is 2. The van der Waals surface area contributed by atoms with Gasteiger partial charge in [-0.15, -0.1) is 0 Å². The van der Waals surface area contributed by atoms with Crippen molar-refractivity contribution in [2.24, 2.45) is 0 Å². The molecule has 0 aliphatic heterocycles. The molecule has 0 saturated heterocycles. The van der Waals surface area contributed by atoms with E-state index in [-0.39, 0.29) is 0 Å². The molecule has 2 aliphatic carbocycles. The van der Waals surface area contributed by atoms with E-state index in [4.69, 9.17) is 0 Å². The van der Waals surface area contributed by atoms with Crippen molar-refractivity contribution in [2.75, 3.05) is 0 Å². The van der Waals surface area contributed by atoms with Gasteiger partial charge in [0.1, 0.15) is 0 Å². The summed E-state index contributed by atoms with van der Waals surface area (Å²) in [5.41, 5.74) is 14.5. The summed E-state index contributed by atoms with van der Waals surface area (Å²) in [7, 11) is 0. The number of hydrogen-bond donors (Lipinski definition) is 0. The first-order chi connectivity index (χ1) is 16.5. The SMILES string of the molecule is Cc1ccc2c(c1)[CH]([Zr]([CH]1C=C(c3ccccc3)c3ccccc31)=[Si](C)C)c1cccc(C)c1-2. The standard InChI is InChI=1S/C15H13.C15H11.C2H6Si.Zr/c1-10-6-7-14-13(8-10)9-12-5-3-4-11(2)15(12)14;1-2-6-12(7-3-1)15-11-10-13-8-4-5-9-14(13)15;1-3-2;/h3-9H,1-2H3;1-11H;1-2H3;. The van der Waals surface area contributed by atoms with E-state index in [0.717, 1.165) is 0 Å². The van der Waals surface area contributed by atoms with Crippen LogP contribution in [0.3, 0.4) is 0 Å². The molecule has 0 spiro atoms. The van der Waals surface area contributed by atoms with E-state index in [2.05, 4.69) is 124 Å². The number of hydrogen-bond acceptors (Lipinski definition) is 0. The molecule has 6 rings (SSSR count). The van der Waals surface area contributed by atoms with Crippen LogP contribution in [0, 0.1) is 13.8 Å². The Balaban J connectivity index is 1.60. The summed E-state index contributed by atoms with van der Waals surface area (Å²) in [4.78, 5) is 0. The van der Waals surface area contributed by atoms with E-state index >= 15 is 0 Å². The van der Waals surface area contributed by atoms with Crippen molar-refractivity contribution in [2.45, 2.75) is 34.2 Å². The number of rotatable bonds is 3. The fourth-order valence-electron chi connectivity index (χ4n) is 6.22. The first kappa shape index (κ1) is 22.2. The predicted octanol–water partition coefficient (Wildman–Crippen LogP) is 8.43. The molecule has 34 heavy (non-hydrogen) atoms. The van der Waals surface area contributed by atoms with Gasteiger partial charge < -0.3 is 0 Å². The Bertz CT molecular complexity index is 1490. The summed E-state index contributed by atoms with van der Waals surface area (Å²) >= 11 is -2.08. The first-order valence-electron chi connectivity index (χ1n) is 12.3. The van der Waals surface area contributed by atoms with Crippen LogP contribution in [0.25, 0.3) is 16.7 Å². The van der Waals surface area contributed by atoms with Crippen molar-refractivity contribution >= 4 is 11.0 Å². The van der Waals surface area contributed by atoms with E-state index in [1.165, 1.54) is 39.0 Å². The first-order valence-corrected chi connectivity index (χ1v) is 21.3. The minimum absolute atomic E-state index is 0.442. The van der Waals surface area contributed by atoms with Crippen molar-refractivity contribution in [3.63, 3.8) is 0 Å². The van der Waals surface area contributed by atoms with Crippen LogP contribution in [-0.4, -0.2) is 5.43 Å². The van der Waals surface area contributed by atoms with Gasteiger partial charge in [0.15, 0.2) is 0 Å². The van der Waals surface area contributed by atoms with Gasteiger partial charge in [0.2, 0.25) is 0 Å². The molecule has 166 valence electrons. The van der Waals surface area contributed by atoms with Gasteiger partial charge in [-0.3, -0.25) is 0 Å². The molecule has 0 bridgehead atoms. The van der Waals surface area contributed by atoms with Crippen LogP contribution in [0.15, 0.2) is 97.1 Å². The van der Waals surface area contributed by atoms with Crippen molar-refractivity contribution in [1.29, 1.82) is 0 Å². The normalized spacial score (nSPS) is 17.6. The zero-order valence-corrected chi connectivity index (χ0v) is 23.9. The van der Waals surface area contributed by atoms with Crippen LogP contribution >= 0.6 is 0 Å². The zero-order chi connectivity index (χ0) is 23.4. The van der Waals surface area contributed by atoms with Gasteiger partial charge in [-0.1, -0.05) is 0 Å². The Hall–Kier alpha value is -2.28. The van der Waals surface area contributed by atoms with E-state index in [0.29, 0.717) is 7.25 Å². The van der Waals surface area contributed by atoms with Gasteiger partial charge in [0, 0.05) is 0 Å². The molecular weight excluding hydrogens is 504 g/mol.